The molecule has 90 valence electrons. The number of halogens is 2. The molecule has 1 heterocycles. The number of fused-ring (bicyclic) bond motifs is 1. The molecule has 6 heteroatoms. The minimum absolute atomic E-state index is 0.171. The van der Waals surface area contributed by atoms with Crippen LogP contribution in [0.15, 0.2) is 18.2 Å². The highest BCUT2D eigenvalue weighted by Gasteiger charge is 2.41. The molecular weight excluding hydrogens is 232 g/mol. The van der Waals surface area contributed by atoms with Gasteiger partial charge in [-0.05, 0) is 24.1 Å². The summed E-state index contributed by atoms with van der Waals surface area (Å²) in [6, 6.07) is 3.44. The summed E-state index contributed by atoms with van der Waals surface area (Å²) in [5, 5.41) is 11.0. The van der Waals surface area contributed by atoms with E-state index in [0.717, 1.165) is 12.1 Å². The molecule has 0 saturated heterocycles. The second-order valence-electron chi connectivity index (χ2n) is 3.80. The molecular formula is C11H9F2NO3. The number of aliphatic carboxylic acids is 1. The van der Waals surface area contributed by atoms with Crippen LogP contribution in [0.25, 0.3) is 0 Å². The van der Waals surface area contributed by atoms with Crippen LogP contribution in [-0.4, -0.2) is 17.0 Å². The number of carboxylic acid groups (broad SMARTS) is 1. The minimum atomic E-state index is -3.91. The smallest absolute Gasteiger partial charge is 0.379 e. The quantitative estimate of drug-likeness (QED) is 0.828. The van der Waals surface area contributed by atoms with Crippen molar-refractivity contribution in [2.75, 3.05) is 5.32 Å². The van der Waals surface area contributed by atoms with Gasteiger partial charge in [0.2, 0.25) is 5.91 Å². The molecule has 0 radical (unpaired) electrons. The molecule has 0 fully saturated rings. The molecule has 0 aromatic heterocycles. The van der Waals surface area contributed by atoms with E-state index in [1.54, 1.807) is 0 Å². The normalized spacial score (nSPS) is 15.1. The maximum absolute atomic E-state index is 13.2. The molecule has 0 unspecified atom stereocenters. The number of hydrogen-bond donors (Lipinski definition) is 2. The number of hydrogen-bond acceptors (Lipinski definition) is 2. The number of carbonyl (C=O) groups is 2. The highest BCUT2D eigenvalue weighted by molar-refractivity contribution is 5.94. The summed E-state index contributed by atoms with van der Waals surface area (Å²) in [4.78, 5) is 21.5. The lowest BCUT2D eigenvalue weighted by molar-refractivity contribution is -0.166. The van der Waals surface area contributed by atoms with Crippen molar-refractivity contribution < 1.29 is 23.5 Å². The zero-order valence-electron chi connectivity index (χ0n) is 8.67. The third kappa shape index (κ3) is 1.98. The van der Waals surface area contributed by atoms with Gasteiger partial charge in [0.05, 0.1) is 0 Å². The van der Waals surface area contributed by atoms with Gasteiger partial charge in [-0.1, -0.05) is 6.07 Å². The molecule has 1 aliphatic rings. The summed E-state index contributed by atoms with van der Waals surface area (Å²) < 4.78 is 26.5. The summed E-state index contributed by atoms with van der Waals surface area (Å²) in [7, 11) is 0. The number of rotatable bonds is 2. The van der Waals surface area contributed by atoms with E-state index in [1.165, 1.54) is 6.07 Å². The third-order valence-corrected chi connectivity index (χ3v) is 2.63. The average Bonchev–Trinajstić information content (AvgIpc) is 2.28. The summed E-state index contributed by atoms with van der Waals surface area (Å²) in [5.41, 5.74) is 0.425. The second-order valence-corrected chi connectivity index (χ2v) is 3.80. The number of carboxylic acids is 1. The van der Waals surface area contributed by atoms with Crippen LogP contribution in [0.2, 0.25) is 0 Å². The highest BCUT2D eigenvalue weighted by Crippen LogP contribution is 2.32. The van der Waals surface area contributed by atoms with Crippen molar-refractivity contribution in [3.05, 3.63) is 29.3 Å². The van der Waals surface area contributed by atoms with E-state index in [-0.39, 0.29) is 12.3 Å². The molecule has 2 N–H and O–H groups in total. The fraction of sp³-hybridized carbons (Fsp3) is 0.273. The van der Waals surface area contributed by atoms with Gasteiger partial charge >= 0.3 is 11.9 Å². The van der Waals surface area contributed by atoms with E-state index >= 15 is 0 Å². The lowest BCUT2D eigenvalue weighted by Gasteiger charge is -2.19. The van der Waals surface area contributed by atoms with E-state index in [2.05, 4.69) is 5.32 Å². The average molecular weight is 241 g/mol. The Hall–Kier alpha value is -1.98. The Morgan fingerprint density at radius 2 is 2.06 bits per heavy atom. The molecule has 0 atom stereocenters. The van der Waals surface area contributed by atoms with Crippen LogP contribution in [0.4, 0.5) is 14.5 Å². The predicted octanol–water partition coefficient (Wildman–Crippen LogP) is 1.75. The topological polar surface area (TPSA) is 66.4 Å². The van der Waals surface area contributed by atoms with Crippen LogP contribution in [0.3, 0.4) is 0 Å². The van der Waals surface area contributed by atoms with Crippen molar-refractivity contribution in [3.8, 4) is 0 Å². The zero-order valence-corrected chi connectivity index (χ0v) is 8.67. The number of benzene rings is 1. The van der Waals surface area contributed by atoms with Gasteiger partial charge in [0.25, 0.3) is 0 Å². The van der Waals surface area contributed by atoms with Crippen LogP contribution in [0.1, 0.15) is 17.5 Å². The molecule has 2 rings (SSSR count). The Bertz CT molecular complexity index is 499. The lowest BCUT2D eigenvalue weighted by atomic mass is 9.98. The van der Waals surface area contributed by atoms with Crippen LogP contribution < -0.4 is 5.32 Å². The van der Waals surface area contributed by atoms with E-state index in [9.17, 15) is 18.4 Å². The molecule has 1 aliphatic heterocycles. The van der Waals surface area contributed by atoms with E-state index in [1.807, 2.05) is 0 Å². The van der Waals surface area contributed by atoms with Gasteiger partial charge < -0.3 is 10.4 Å². The summed E-state index contributed by atoms with van der Waals surface area (Å²) in [6.07, 6.45) is 0.555. The fourth-order valence-corrected chi connectivity index (χ4v) is 1.70. The minimum Gasteiger partial charge on any atom is -0.477 e. The largest absolute Gasteiger partial charge is 0.477 e. The van der Waals surface area contributed by atoms with Crippen LogP contribution in [0, 0.1) is 0 Å². The Balaban J connectivity index is 2.41. The first kappa shape index (κ1) is 11.5. The zero-order chi connectivity index (χ0) is 12.6. The Labute approximate surface area is 95.2 Å². The molecule has 1 amide bonds. The molecule has 1 aromatic carbocycles. The van der Waals surface area contributed by atoms with E-state index in [0.29, 0.717) is 17.7 Å². The number of aryl methyl sites for hydroxylation is 1. The van der Waals surface area contributed by atoms with E-state index in [4.69, 9.17) is 5.11 Å². The Morgan fingerprint density at radius 3 is 2.71 bits per heavy atom. The molecule has 0 spiro atoms. The van der Waals surface area contributed by atoms with Crippen molar-refractivity contribution >= 4 is 17.6 Å². The fourth-order valence-electron chi connectivity index (χ4n) is 1.70. The van der Waals surface area contributed by atoms with Crippen LogP contribution >= 0.6 is 0 Å². The first-order valence-corrected chi connectivity index (χ1v) is 4.95. The van der Waals surface area contributed by atoms with Crippen molar-refractivity contribution in [1.82, 2.24) is 0 Å². The van der Waals surface area contributed by atoms with Gasteiger partial charge in [-0.3, -0.25) is 4.79 Å². The van der Waals surface area contributed by atoms with Gasteiger partial charge in [-0.2, -0.15) is 8.78 Å². The van der Waals surface area contributed by atoms with Gasteiger partial charge in [-0.25, -0.2) is 4.79 Å². The van der Waals surface area contributed by atoms with Gasteiger partial charge in [-0.15, -0.1) is 0 Å². The van der Waals surface area contributed by atoms with Gasteiger partial charge in [0.1, 0.15) is 0 Å². The number of carbonyl (C=O) groups excluding carboxylic acids is 1. The maximum Gasteiger partial charge on any atom is 0.379 e. The van der Waals surface area contributed by atoms with Crippen molar-refractivity contribution in [3.63, 3.8) is 0 Å². The number of alkyl halides is 2. The first-order valence-electron chi connectivity index (χ1n) is 4.95. The molecule has 0 bridgehead atoms. The highest BCUT2D eigenvalue weighted by atomic mass is 19.3. The molecule has 4 nitrogen and oxygen atoms in total. The molecule has 0 aliphatic carbocycles. The Morgan fingerprint density at radius 1 is 1.35 bits per heavy atom. The number of anilines is 1. The first-order chi connectivity index (χ1) is 7.91. The van der Waals surface area contributed by atoms with Crippen LogP contribution in [0.5, 0.6) is 0 Å². The second kappa shape index (κ2) is 3.80. The molecule has 0 saturated carbocycles. The standard InChI is InChI=1S/C11H9F2NO3/c12-11(13,10(16)17)7-2-3-8-6(5-7)1-4-9(15)14-8/h2-3,5H,1,4H2,(H,14,15)(H,16,17). The molecule has 17 heavy (non-hydrogen) atoms. The molecule has 1 aromatic rings. The van der Waals surface area contributed by atoms with Crippen molar-refractivity contribution in [2.45, 2.75) is 18.8 Å². The van der Waals surface area contributed by atoms with Crippen molar-refractivity contribution in [1.29, 1.82) is 0 Å². The summed E-state index contributed by atoms with van der Waals surface area (Å²) in [5.74, 6) is -6.26. The predicted molar refractivity (Wildman–Crippen MR) is 54.9 cm³/mol. The number of nitrogens with one attached hydrogen (secondary N) is 1. The van der Waals surface area contributed by atoms with Gasteiger partial charge in [0.15, 0.2) is 0 Å². The van der Waals surface area contributed by atoms with Crippen LogP contribution in [-0.2, 0) is 21.9 Å². The SMILES string of the molecule is O=C1CCc2cc(C(F)(F)C(=O)O)ccc2N1. The lowest BCUT2D eigenvalue weighted by Crippen LogP contribution is -2.26. The third-order valence-electron chi connectivity index (χ3n) is 2.63. The summed E-state index contributed by atoms with van der Waals surface area (Å²) >= 11 is 0. The summed E-state index contributed by atoms with van der Waals surface area (Å²) in [6.45, 7) is 0. The monoisotopic (exact) mass is 241 g/mol. The number of amides is 1. The van der Waals surface area contributed by atoms with Gasteiger partial charge in [0, 0.05) is 17.7 Å². The Kier molecular flexibility index (Phi) is 2.57. The van der Waals surface area contributed by atoms with Crippen molar-refractivity contribution in [2.24, 2.45) is 0 Å². The maximum atomic E-state index is 13.2. The van der Waals surface area contributed by atoms with E-state index < -0.39 is 17.5 Å².